The molecule has 0 bridgehead atoms. The van der Waals surface area contributed by atoms with E-state index in [9.17, 15) is 4.79 Å². The van der Waals surface area contributed by atoms with Crippen LogP contribution in [0.3, 0.4) is 0 Å². The number of oxazole rings is 1. The van der Waals surface area contributed by atoms with Crippen molar-refractivity contribution >= 4 is 5.91 Å². The standard InChI is InChI=1S/C16H20N4O2/c1-2-13-15(17-9-22-13)16(21)20-7-5-11-12(6-8-20)18-19-14(11)10-3-4-10/h9-10H,2-8H2,1H3,(H,18,19). The Morgan fingerprint density at radius 2 is 2.23 bits per heavy atom. The lowest BCUT2D eigenvalue weighted by molar-refractivity contribution is 0.0755. The number of aryl methyl sites for hydroxylation is 1. The van der Waals surface area contributed by atoms with E-state index in [0.717, 1.165) is 19.4 Å². The van der Waals surface area contributed by atoms with Gasteiger partial charge in [0.05, 0.1) is 5.69 Å². The number of nitrogens with zero attached hydrogens (tertiary/aromatic N) is 3. The van der Waals surface area contributed by atoms with Gasteiger partial charge in [0.25, 0.3) is 5.91 Å². The molecule has 1 aliphatic heterocycles. The van der Waals surface area contributed by atoms with Crippen molar-refractivity contribution in [1.29, 1.82) is 0 Å². The number of aromatic nitrogens is 3. The van der Waals surface area contributed by atoms with E-state index in [0.29, 0.717) is 30.3 Å². The molecule has 0 spiro atoms. The predicted octanol–water partition coefficient (Wildman–Crippen LogP) is 2.08. The number of aromatic amines is 1. The van der Waals surface area contributed by atoms with Gasteiger partial charge in [-0.25, -0.2) is 4.98 Å². The number of carbonyl (C=O) groups is 1. The maximum absolute atomic E-state index is 12.7. The zero-order valence-electron chi connectivity index (χ0n) is 12.8. The van der Waals surface area contributed by atoms with E-state index in [1.54, 1.807) is 0 Å². The van der Waals surface area contributed by atoms with E-state index in [2.05, 4.69) is 15.2 Å². The van der Waals surface area contributed by atoms with Crippen molar-refractivity contribution in [2.45, 2.75) is 44.9 Å². The molecule has 1 aliphatic carbocycles. The van der Waals surface area contributed by atoms with Crippen molar-refractivity contribution in [3.8, 4) is 0 Å². The van der Waals surface area contributed by atoms with Crippen LogP contribution in [-0.2, 0) is 19.3 Å². The van der Waals surface area contributed by atoms with Crippen molar-refractivity contribution in [1.82, 2.24) is 20.1 Å². The van der Waals surface area contributed by atoms with Gasteiger partial charge in [0.1, 0.15) is 5.76 Å². The molecule has 2 aromatic rings. The van der Waals surface area contributed by atoms with Crippen molar-refractivity contribution in [2.75, 3.05) is 13.1 Å². The first-order valence-corrected chi connectivity index (χ1v) is 8.05. The van der Waals surface area contributed by atoms with Crippen molar-refractivity contribution in [3.63, 3.8) is 0 Å². The molecule has 3 heterocycles. The van der Waals surface area contributed by atoms with Crippen LogP contribution < -0.4 is 0 Å². The number of hydrogen-bond acceptors (Lipinski definition) is 4. The molecule has 6 nitrogen and oxygen atoms in total. The fourth-order valence-electron chi connectivity index (χ4n) is 3.25. The van der Waals surface area contributed by atoms with Gasteiger partial charge < -0.3 is 9.32 Å². The van der Waals surface area contributed by atoms with Crippen LogP contribution in [0.5, 0.6) is 0 Å². The molecule has 22 heavy (non-hydrogen) atoms. The lowest BCUT2D eigenvalue weighted by Crippen LogP contribution is -2.34. The summed E-state index contributed by atoms with van der Waals surface area (Å²) in [5, 5.41) is 7.68. The maximum Gasteiger partial charge on any atom is 0.276 e. The third kappa shape index (κ3) is 2.23. The van der Waals surface area contributed by atoms with Crippen LogP contribution in [0.1, 0.15) is 58.9 Å². The van der Waals surface area contributed by atoms with Crippen LogP contribution in [-0.4, -0.2) is 39.1 Å². The first-order valence-electron chi connectivity index (χ1n) is 8.05. The Hall–Kier alpha value is -2.11. The fraction of sp³-hybridized carbons (Fsp3) is 0.562. The zero-order valence-corrected chi connectivity index (χ0v) is 12.8. The van der Waals surface area contributed by atoms with E-state index in [-0.39, 0.29) is 5.91 Å². The molecule has 0 unspecified atom stereocenters. The van der Waals surface area contributed by atoms with Gasteiger partial charge >= 0.3 is 0 Å². The first-order chi connectivity index (χ1) is 10.8. The van der Waals surface area contributed by atoms with Crippen molar-refractivity contribution in [3.05, 3.63) is 34.8 Å². The zero-order chi connectivity index (χ0) is 15.1. The molecule has 1 fully saturated rings. The van der Waals surface area contributed by atoms with Crippen molar-refractivity contribution < 1.29 is 9.21 Å². The van der Waals surface area contributed by atoms with Crippen molar-refractivity contribution in [2.24, 2.45) is 0 Å². The molecule has 0 aromatic carbocycles. The summed E-state index contributed by atoms with van der Waals surface area (Å²) in [6, 6.07) is 0. The summed E-state index contributed by atoms with van der Waals surface area (Å²) in [7, 11) is 0. The number of H-pyrrole nitrogens is 1. The monoisotopic (exact) mass is 300 g/mol. The number of amides is 1. The highest BCUT2D eigenvalue weighted by molar-refractivity contribution is 5.93. The van der Waals surface area contributed by atoms with Crippen LogP contribution in [0.4, 0.5) is 0 Å². The van der Waals surface area contributed by atoms with Crippen LogP contribution in [0.25, 0.3) is 0 Å². The Balaban J connectivity index is 1.53. The lowest BCUT2D eigenvalue weighted by atomic mass is 10.1. The topological polar surface area (TPSA) is 75.0 Å². The summed E-state index contributed by atoms with van der Waals surface area (Å²) in [6.45, 7) is 3.40. The SMILES string of the molecule is CCc1ocnc1C(=O)N1CCc2[nH]nc(C3CC3)c2CC1. The molecule has 0 radical (unpaired) electrons. The molecule has 4 rings (SSSR count). The third-order valence-electron chi connectivity index (χ3n) is 4.66. The second kappa shape index (κ2) is 5.26. The van der Waals surface area contributed by atoms with Gasteiger partial charge in [0, 0.05) is 37.5 Å². The Bertz CT molecular complexity index is 699. The normalized spacial score (nSPS) is 18.1. The van der Waals surface area contributed by atoms with Gasteiger partial charge in [0.2, 0.25) is 0 Å². The van der Waals surface area contributed by atoms with Gasteiger partial charge in [-0.1, -0.05) is 6.92 Å². The number of fused-ring (bicyclic) bond motifs is 1. The summed E-state index contributed by atoms with van der Waals surface area (Å²) in [5.41, 5.74) is 4.25. The smallest absolute Gasteiger partial charge is 0.276 e. The summed E-state index contributed by atoms with van der Waals surface area (Å²) in [5.74, 6) is 1.30. The summed E-state index contributed by atoms with van der Waals surface area (Å²) >= 11 is 0. The first kappa shape index (κ1) is 13.5. The maximum atomic E-state index is 12.7. The Morgan fingerprint density at radius 3 is 3.00 bits per heavy atom. The molecule has 2 aromatic heterocycles. The largest absolute Gasteiger partial charge is 0.448 e. The van der Waals surface area contributed by atoms with Gasteiger partial charge in [0.15, 0.2) is 12.1 Å². The van der Waals surface area contributed by atoms with E-state index in [1.165, 1.54) is 36.2 Å². The van der Waals surface area contributed by atoms with Crippen LogP contribution in [0, 0.1) is 0 Å². The highest BCUT2D eigenvalue weighted by atomic mass is 16.3. The van der Waals surface area contributed by atoms with E-state index < -0.39 is 0 Å². The van der Waals surface area contributed by atoms with Crippen LogP contribution in [0.2, 0.25) is 0 Å². The second-order valence-corrected chi connectivity index (χ2v) is 6.11. The molecule has 0 atom stereocenters. The number of rotatable bonds is 3. The average Bonchev–Trinajstić information content (AvgIpc) is 3.19. The van der Waals surface area contributed by atoms with Crippen LogP contribution >= 0.6 is 0 Å². The summed E-state index contributed by atoms with van der Waals surface area (Å²) in [6.07, 6.45) is 6.26. The molecule has 1 N–H and O–H groups in total. The molecule has 1 amide bonds. The highest BCUT2D eigenvalue weighted by Gasteiger charge is 2.32. The molecular weight excluding hydrogens is 280 g/mol. The minimum Gasteiger partial charge on any atom is -0.448 e. The van der Waals surface area contributed by atoms with Gasteiger partial charge in [-0.15, -0.1) is 0 Å². The predicted molar refractivity (Wildman–Crippen MR) is 79.8 cm³/mol. The Kier molecular flexibility index (Phi) is 3.24. The minimum absolute atomic E-state index is 0.0170. The summed E-state index contributed by atoms with van der Waals surface area (Å²) < 4.78 is 5.29. The van der Waals surface area contributed by atoms with E-state index in [1.807, 2.05) is 11.8 Å². The second-order valence-electron chi connectivity index (χ2n) is 6.11. The van der Waals surface area contributed by atoms with E-state index in [4.69, 9.17) is 4.42 Å². The molecule has 2 aliphatic rings. The highest BCUT2D eigenvalue weighted by Crippen LogP contribution is 2.41. The molecule has 6 heteroatoms. The van der Waals surface area contributed by atoms with Gasteiger partial charge in [-0.05, 0) is 24.8 Å². The third-order valence-corrected chi connectivity index (χ3v) is 4.66. The average molecular weight is 300 g/mol. The van der Waals surface area contributed by atoms with E-state index >= 15 is 0 Å². The minimum atomic E-state index is -0.0170. The number of nitrogens with one attached hydrogen (secondary N) is 1. The molecule has 0 saturated heterocycles. The fourth-order valence-corrected chi connectivity index (χ4v) is 3.25. The molecule has 1 saturated carbocycles. The Morgan fingerprint density at radius 1 is 1.41 bits per heavy atom. The van der Waals surface area contributed by atoms with Gasteiger partial charge in [-0.3, -0.25) is 9.89 Å². The van der Waals surface area contributed by atoms with Crippen LogP contribution in [0.15, 0.2) is 10.8 Å². The quantitative estimate of drug-likeness (QED) is 0.941. The molecular formula is C16H20N4O2. The number of hydrogen-bond donors (Lipinski definition) is 1. The summed E-state index contributed by atoms with van der Waals surface area (Å²) in [4.78, 5) is 18.7. The lowest BCUT2D eigenvalue weighted by Gasteiger charge is -2.19. The number of carbonyl (C=O) groups excluding carboxylic acids is 1. The van der Waals surface area contributed by atoms with Gasteiger partial charge in [-0.2, -0.15) is 5.10 Å². The molecule has 116 valence electrons. The Labute approximate surface area is 128 Å².